The molecule has 0 amide bonds. The van der Waals surface area contributed by atoms with Gasteiger partial charge in [-0.25, -0.2) is 0 Å². The normalized spacial score (nSPS) is 33.8. The standard InChI is InChI=1S/C12H16O6/c1-6(13)16-5-9-8-3-12(15)18-10(8)4-11(9)17-7(2)14/h8-11H,3-5H2,1-2H3/t8-,9+,10+,11+/m0/s1. The summed E-state index contributed by atoms with van der Waals surface area (Å²) < 4.78 is 15.4. The van der Waals surface area contributed by atoms with Crippen LogP contribution in [0.25, 0.3) is 0 Å². The minimum Gasteiger partial charge on any atom is -0.465 e. The van der Waals surface area contributed by atoms with Crippen molar-refractivity contribution in [3.63, 3.8) is 0 Å². The van der Waals surface area contributed by atoms with Crippen molar-refractivity contribution >= 4 is 17.9 Å². The number of rotatable bonds is 3. The lowest BCUT2D eigenvalue weighted by Gasteiger charge is -2.21. The molecule has 2 aliphatic rings. The van der Waals surface area contributed by atoms with Crippen LogP contribution in [0.3, 0.4) is 0 Å². The van der Waals surface area contributed by atoms with Crippen LogP contribution in [0.15, 0.2) is 0 Å². The van der Waals surface area contributed by atoms with Gasteiger partial charge in [-0.2, -0.15) is 0 Å². The molecule has 100 valence electrons. The van der Waals surface area contributed by atoms with Crippen molar-refractivity contribution in [2.24, 2.45) is 11.8 Å². The summed E-state index contributed by atoms with van der Waals surface area (Å²) in [6, 6.07) is 0. The zero-order valence-electron chi connectivity index (χ0n) is 10.4. The Labute approximate surface area is 105 Å². The third kappa shape index (κ3) is 2.63. The highest BCUT2D eigenvalue weighted by Gasteiger charge is 2.51. The van der Waals surface area contributed by atoms with Crippen molar-refractivity contribution in [2.45, 2.75) is 38.9 Å². The summed E-state index contributed by atoms with van der Waals surface area (Å²) >= 11 is 0. The van der Waals surface area contributed by atoms with Crippen LogP contribution >= 0.6 is 0 Å². The first-order chi connectivity index (χ1) is 8.47. The Bertz CT molecular complexity index is 377. The van der Waals surface area contributed by atoms with Crippen molar-refractivity contribution < 1.29 is 28.6 Å². The maximum absolute atomic E-state index is 11.2. The lowest BCUT2D eigenvalue weighted by Crippen LogP contribution is -2.29. The topological polar surface area (TPSA) is 78.9 Å². The SMILES string of the molecule is CC(=O)OC[C@@H]1[C@@H]2CC(=O)O[C@@H]2C[C@H]1OC(C)=O. The first kappa shape index (κ1) is 12.9. The maximum atomic E-state index is 11.2. The van der Waals surface area contributed by atoms with Crippen molar-refractivity contribution in [3.05, 3.63) is 0 Å². The predicted octanol–water partition coefficient (Wildman–Crippen LogP) is 0.433. The zero-order chi connectivity index (χ0) is 13.3. The molecule has 0 spiro atoms. The summed E-state index contributed by atoms with van der Waals surface area (Å²) in [6.07, 6.45) is 0.225. The van der Waals surface area contributed by atoms with Crippen molar-refractivity contribution in [2.75, 3.05) is 6.61 Å². The quantitative estimate of drug-likeness (QED) is 0.538. The molecule has 0 bridgehead atoms. The van der Waals surface area contributed by atoms with Gasteiger partial charge in [-0.05, 0) is 0 Å². The Hall–Kier alpha value is -1.59. The lowest BCUT2D eigenvalue weighted by molar-refractivity contribution is -0.152. The Balaban J connectivity index is 2.04. The van der Waals surface area contributed by atoms with Gasteiger partial charge in [0.05, 0.1) is 13.0 Å². The number of fused-ring (bicyclic) bond motifs is 1. The molecule has 6 nitrogen and oxygen atoms in total. The Morgan fingerprint density at radius 1 is 1.33 bits per heavy atom. The molecule has 0 radical (unpaired) electrons. The minimum absolute atomic E-state index is 0.0267. The molecule has 0 N–H and O–H groups in total. The van der Waals surface area contributed by atoms with E-state index in [0.717, 1.165) is 0 Å². The van der Waals surface area contributed by atoms with E-state index in [1.807, 2.05) is 0 Å². The third-order valence-electron chi connectivity index (χ3n) is 3.45. The van der Waals surface area contributed by atoms with E-state index in [1.54, 1.807) is 0 Å². The molecule has 1 saturated heterocycles. The highest BCUT2D eigenvalue weighted by molar-refractivity contribution is 5.72. The molecule has 2 fully saturated rings. The van der Waals surface area contributed by atoms with Crippen LogP contribution in [0.2, 0.25) is 0 Å². The van der Waals surface area contributed by atoms with Crippen LogP contribution in [0.1, 0.15) is 26.7 Å². The molecular formula is C12H16O6. The van der Waals surface area contributed by atoms with Crippen LogP contribution < -0.4 is 0 Å². The Kier molecular flexibility index (Phi) is 3.54. The van der Waals surface area contributed by atoms with E-state index >= 15 is 0 Å². The highest BCUT2D eigenvalue weighted by Crippen LogP contribution is 2.42. The molecule has 0 aromatic heterocycles. The summed E-state index contributed by atoms with van der Waals surface area (Å²) in [6.45, 7) is 2.82. The first-order valence-corrected chi connectivity index (χ1v) is 5.97. The fraction of sp³-hybridized carbons (Fsp3) is 0.750. The zero-order valence-corrected chi connectivity index (χ0v) is 10.4. The molecule has 1 saturated carbocycles. The summed E-state index contributed by atoms with van der Waals surface area (Å²) in [5.41, 5.74) is 0. The van der Waals surface area contributed by atoms with Gasteiger partial charge in [0.2, 0.25) is 0 Å². The smallest absolute Gasteiger partial charge is 0.306 e. The predicted molar refractivity (Wildman–Crippen MR) is 58.3 cm³/mol. The fourth-order valence-electron chi connectivity index (χ4n) is 2.75. The molecule has 0 aromatic carbocycles. The Morgan fingerprint density at radius 3 is 2.67 bits per heavy atom. The van der Waals surface area contributed by atoms with Gasteiger partial charge < -0.3 is 14.2 Å². The van der Waals surface area contributed by atoms with E-state index in [2.05, 4.69) is 0 Å². The number of hydrogen-bond donors (Lipinski definition) is 0. The molecule has 1 aliphatic carbocycles. The molecule has 18 heavy (non-hydrogen) atoms. The summed E-state index contributed by atoms with van der Waals surface area (Å²) in [7, 11) is 0. The van der Waals surface area contributed by atoms with E-state index in [-0.39, 0.29) is 48.6 Å². The second-order valence-corrected chi connectivity index (χ2v) is 4.75. The van der Waals surface area contributed by atoms with Gasteiger partial charge >= 0.3 is 17.9 Å². The second kappa shape index (κ2) is 4.96. The van der Waals surface area contributed by atoms with Crippen molar-refractivity contribution in [3.8, 4) is 0 Å². The van der Waals surface area contributed by atoms with Gasteiger partial charge in [-0.15, -0.1) is 0 Å². The van der Waals surface area contributed by atoms with E-state index in [1.165, 1.54) is 13.8 Å². The van der Waals surface area contributed by atoms with Crippen molar-refractivity contribution in [1.29, 1.82) is 0 Å². The molecular weight excluding hydrogens is 240 g/mol. The minimum atomic E-state index is -0.384. The van der Waals surface area contributed by atoms with Crippen LogP contribution in [0.5, 0.6) is 0 Å². The third-order valence-corrected chi connectivity index (χ3v) is 3.45. The van der Waals surface area contributed by atoms with E-state index in [0.29, 0.717) is 12.8 Å². The number of ether oxygens (including phenoxy) is 3. The lowest BCUT2D eigenvalue weighted by atomic mass is 9.93. The number of esters is 3. The summed E-state index contributed by atoms with van der Waals surface area (Å²) in [5, 5.41) is 0. The van der Waals surface area contributed by atoms with Crippen LogP contribution in [0.4, 0.5) is 0 Å². The summed E-state index contributed by atoms with van der Waals surface area (Å²) in [4.78, 5) is 33.1. The highest BCUT2D eigenvalue weighted by atomic mass is 16.6. The van der Waals surface area contributed by atoms with Gasteiger partial charge in [0.1, 0.15) is 12.2 Å². The fourth-order valence-corrected chi connectivity index (χ4v) is 2.75. The average Bonchev–Trinajstić information content (AvgIpc) is 2.70. The Morgan fingerprint density at radius 2 is 2.06 bits per heavy atom. The second-order valence-electron chi connectivity index (χ2n) is 4.75. The van der Waals surface area contributed by atoms with Gasteiger partial charge in [-0.1, -0.05) is 0 Å². The molecule has 6 heteroatoms. The van der Waals surface area contributed by atoms with Gasteiger partial charge in [0.15, 0.2) is 0 Å². The van der Waals surface area contributed by atoms with Crippen LogP contribution in [0, 0.1) is 11.8 Å². The first-order valence-electron chi connectivity index (χ1n) is 5.97. The monoisotopic (exact) mass is 256 g/mol. The number of hydrogen-bond acceptors (Lipinski definition) is 6. The van der Waals surface area contributed by atoms with E-state index in [4.69, 9.17) is 14.2 Å². The molecule has 0 unspecified atom stereocenters. The number of carbonyl (C=O) groups is 3. The molecule has 1 aliphatic heterocycles. The molecule has 4 atom stereocenters. The largest absolute Gasteiger partial charge is 0.465 e. The van der Waals surface area contributed by atoms with E-state index < -0.39 is 0 Å². The van der Waals surface area contributed by atoms with Crippen LogP contribution in [-0.4, -0.2) is 36.7 Å². The molecule has 0 aromatic rings. The average molecular weight is 256 g/mol. The molecule has 2 rings (SSSR count). The molecule has 1 heterocycles. The van der Waals surface area contributed by atoms with Crippen molar-refractivity contribution in [1.82, 2.24) is 0 Å². The van der Waals surface area contributed by atoms with E-state index in [9.17, 15) is 14.4 Å². The van der Waals surface area contributed by atoms with Crippen LogP contribution in [-0.2, 0) is 28.6 Å². The van der Waals surface area contributed by atoms with Gasteiger partial charge in [0.25, 0.3) is 0 Å². The number of carbonyl (C=O) groups excluding carboxylic acids is 3. The van der Waals surface area contributed by atoms with Gasteiger partial charge in [-0.3, -0.25) is 14.4 Å². The summed E-state index contributed by atoms with van der Waals surface area (Å²) in [5.74, 6) is -1.18. The maximum Gasteiger partial charge on any atom is 0.306 e. The van der Waals surface area contributed by atoms with Gasteiger partial charge in [0, 0.05) is 32.1 Å².